The zero-order chi connectivity index (χ0) is 19.8. The van der Waals surface area contributed by atoms with Crippen LogP contribution in [0, 0.1) is 6.92 Å². The fourth-order valence-corrected chi connectivity index (χ4v) is 6.20. The summed E-state index contributed by atoms with van der Waals surface area (Å²) in [4.78, 5) is 11.1. The third-order valence-corrected chi connectivity index (χ3v) is 7.35. The van der Waals surface area contributed by atoms with Crippen LogP contribution in [0.25, 0.3) is 42.8 Å². The fourth-order valence-electron chi connectivity index (χ4n) is 4.76. The SMILES string of the molecule is Cc1ccc2nc(-c3cccc4c3-c3sc5ccccc5c3C4(C)C)ncc2c1. The molecule has 140 valence electrons. The Morgan fingerprint density at radius 1 is 0.931 bits per heavy atom. The van der Waals surface area contributed by atoms with E-state index < -0.39 is 0 Å². The number of aromatic nitrogens is 2. The molecule has 0 fully saturated rings. The molecule has 0 aliphatic heterocycles. The molecule has 5 aromatic rings. The highest BCUT2D eigenvalue weighted by molar-refractivity contribution is 7.22. The van der Waals surface area contributed by atoms with Gasteiger partial charge in [-0.1, -0.05) is 61.9 Å². The van der Waals surface area contributed by atoms with Crippen LogP contribution in [0.4, 0.5) is 0 Å². The van der Waals surface area contributed by atoms with Gasteiger partial charge in [0.05, 0.1) is 5.52 Å². The van der Waals surface area contributed by atoms with Gasteiger partial charge in [-0.05, 0) is 41.6 Å². The average Bonchev–Trinajstić information content (AvgIpc) is 3.22. The predicted octanol–water partition coefficient (Wildman–Crippen LogP) is 7.13. The molecule has 0 N–H and O–H groups in total. The molecule has 0 atom stereocenters. The molecule has 0 radical (unpaired) electrons. The number of nitrogens with zero attached hydrogens (tertiary/aromatic N) is 2. The van der Waals surface area contributed by atoms with Gasteiger partial charge in [0.2, 0.25) is 0 Å². The summed E-state index contributed by atoms with van der Waals surface area (Å²) in [5.74, 6) is 0.805. The van der Waals surface area contributed by atoms with E-state index in [9.17, 15) is 0 Å². The summed E-state index contributed by atoms with van der Waals surface area (Å²) in [7, 11) is 0. The summed E-state index contributed by atoms with van der Waals surface area (Å²) < 4.78 is 1.35. The van der Waals surface area contributed by atoms with E-state index in [-0.39, 0.29) is 5.41 Å². The lowest BCUT2D eigenvalue weighted by Gasteiger charge is -2.22. The van der Waals surface area contributed by atoms with Gasteiger partial charge in [0, 0.05) is 37.7 Å². The maximum atomic E-state index is 4.93. The van der Waals surface area contributed by atoms with Crippen LogP contribution in [-0.2, 0) is 5.41 Å². The quantitative estimate of drug-likeness (QED) is 0.303. The molecular weight excluding hydrogens is 372 g/mol. The first kappa shape index (κ1) is 16.9. The molecular formula is C26H20N2S. The van der Waals surface area contributed by atoms with Gasteiger partial charge in [-0.25, -0.2) is 9.97 Å². The van der Waals surface area contributed by atoms with Crippen LogP contribution in [0.5, 0.6) is 0 Å². The van der Waals surface area contributed by atoms with Crippen LogP contribution in [0.15, 0.2) is 66.9 Å². The average molecular weight is 393 g/mol. The van der Waals surface area contributed by atoms with Crippen molar-refractivity contribution in [3.63, 3.8) is 0 Å². The smallest absolute Gasteiger partial charge is 0.160 e. The van der Waals surface area contributed by atoms with Gasteiger partial charge in [-0.3, -0.25) is 0 Å². The van der Waals surface area contributed by atoms with Gasteiger partial charge in [-0.15, -0.1) is 11.3 Å². The molecule has 0 saturated carbocycles. The Labute approximate surface area is 173 Å². The first-order valence-corrected chi connectivity index (χ1v) is 10.8. The Kier molecular flexibility index (Phi) is 3.34. The highest BCUT2D eigenvalue weighted by Crippen LogP contribution is 2.57. The van der Waals surface area contributed by atoms with Crippen molar-refractivity contribution in [1.29, 1.82) is 0 Å². The Balaban J connectivity index is 1.66. The molecule has 29 heavy (non-hydrogen) atoms. The van der Waals surface area contributed by atoms with Crippen LogP contribution in [0.1, 0.15) is 30.5 Å². The first-order valence-electron chi connectivity index (χ1n) is 9.94. The van der Waals surface area contributed by atoms with Gasteiger partial charge < -0.3 is 0 Å². The highest BCUT2D eigenvalue weighted by Gasteiger charge is 2.40. The van der Waals surface area contributed by atoms with Crippen molar-refractivity contribution in [1.82, 2.24) is 9.97 Å². The van der Waals surface area contributed by atoms with E-state index in [0.717, 1.165) is 22.3 Å². The van der Waals surface area contributed by atoms with Gasteiger partial charge in [0.15, 0.2) is 5.82 Å². The van der Waals surface area contributed by atoms with E-state index in [0.29, 0.717) is 0 Å². The summed E-state index contributed by atoms with van der Waals surface area (Å²) in [5, 5.41) is 2.46. The second kappa shape index (κ2) is 5.74. The molecule has 2 heterocycles. The summed E-state index contributed by atoms with van der Waals surface area (Å²) in [6.07, 6.45) is 1.95. The number of fused-ring (bicyclic) bond motifs is 6. The summed E-state index contributed by atoms with van der Waals surface area (Å²) >= 11 is 1.89. The number of hydrogen-bond donors (Lipinski definition) is 0. The topological polar surface area (TPSA) is 25.8 Å². The van der Waals surface area contributed by atoms with Gasteiger partial charge in [0.25, 0.3) is 0 Å². The standard InChI is InChI=1S/C26H20N2S/c1-15-11-12-20-16(13-15)14-27-25(28-20)18-8-6-9-19-22(18)24-23(26(19,2)3)17-7-4-5-10-21(17)29-24/h4-14H,1-3H3. The minimum atomic E-state index is -0.0335. The van der Waals surface area contributed by atoms with Crippen LogP contribution in [0.2, 0.25) is 0 Å². The summed E-state index contributed by atoms with van der Waals surface area (Å²) in [6, 6.07) is 21.7. The number of aryl methyl sites for hydroxylation is 1. The maximum Gasteiger partial charge on any atom is 0.160 e. The van der Waals surface area contributed by atoms with Gasteiger partial charge in [-0.2, -0.15) is 0 Å². The molecule has 2 aromatic heterocycles. The van der Waals surface area contributed by atoms with E-state index in [1.54, 1.807) is 0 Å². The molecule has 1 aliphatic carbocycles. The monoisotopic (exact) mass is 392 g/mol. The van der Waals surface area contributed by atoms with E-state index in [4.69, 9.17) is 9.97 Å². The zero-order valence-electron chi connectivity index (χ0n) is 16.7. The normalized spacial score (nSPS) is 14.3. The van der Waals surface area contributed by atoms with Crippen LogP contribution in [0.3, 0.4) is 0 Å². The Hall–Kier alpha value is -3.04. The van der Waals surface area contributed by atoms with E-state index in [1.807, 2.05) is 17.5 Å². The van der Waals surface area contributed by atoms with Gasteiger partial charge in [0.1, 0.15) is 0 Å². The molecule has 2 nitrogen and oxygen atoms in total. The number of hydrogen-bond acceptors (Lipinski definition) is 3. The highest BCUT2D eigenvalue weighted by atomic mass is 32.1. The lowest BCUT2D eigenvalue weighted by atomic mass is 9.81. The third kappa shape index (κ3) is 2.28. The molecule has 6 rings (SSSR count). The molecule has 0 unspecified atom stereocenters. The van der Waals surface area contributed by atoms with Crippen LogP contribution in [-0.4, -0.2) is 9.97 Å². The van der Waals surface area contributed by atoms with E-state index >= 15 is 0 Å². The van der Waals surface area contributed by atoms with Crippen molar-refractivity contribution < 1.29 is 0 Å². The van der Waals surface area contributed by atoms with Crippen molar-refractivity contribution in [2.75, 3.05) is 0 Å². The van der Waals surface area contributed by atoms with E-state index in [1.165, 1.54) is 37.2 Å². The van der Waals surface area contributed by atoms with Crippen molar-refractivity contribution in [3.05, 3.63) is 83.6 Å². The Morgan fingerprint density at radius 3 is 2.69 bits per heavy atom. The lowest BCUT2D eigenvalue weighted by molar-refractivity contribution is 0.667. The maximum absolute atomic E-state index is 4.93. The number of rotatable bonds is 1. The van der Waals surface area contributed by atoms with Crippen molar-refractivity contribution in [2.45, 2.75) is 26.2 Å². The van der Waals surface area contributed by atoms with Crippen molar-refractivity contribution in [3.8, 4) is 21.8 Å². The Bertz CT molecular complexity index is 1440. The Morgan fingerprint density at radius 2 is 1.79 bits per heavy atom. The summed E-state index contributed by atoms with van der Waals surface area (Å²) in [6.45, 7) is 6.78. The van der Waals surface area contributed by atoms with Gasteiger partial charge >= 0.3 is 0 Å². The zero-order valence-corrected chi connectivity index (χ0v) is 17.5. The second-order valence-corrected chi connectivity index (χ2v) is 9.46. The molecule has 0 amide bonds. The molecule has 3 heteroatoms. The van der Waals surface area contributed by atoms with E-state index in [2.05, 4.69) is 81.4 Å². The third-order valence-electron chi connectivity index (χ3n) is 6.16. The molecule has 0 bridgehead atoms. The second-order valence-electron chi connectivity index (χ2n) is 8.41. The summed E-state index contributed by atoms with van der Waals surface area (Å²) in [5.41, 5.74) is 7.43. The molecule has 0 saturated heterocycles. The number of thiophene rings is 1. The largest absolute Gasteiger partial charge is 0.236 e. The molecule has 0 spiro atoms. The minimum Gasteiger partial charge on any atom is -0.236 e. The fraction of sp³-hybridized carbons (Fsp3) is 0.154. The number of benzene rings is 3. The molecule has 3 aromatic carbocycles. The minimum absolute atomic E-state index is 0.0335. The predicted molar refractivity (Wildman–Crippen MR) is 123 cm³/mol. The van der Waals surface area contributed by atoms with Crippen molar-refractivity contribution >= 4 is 32.3 Å². The first-order chi connectivity index (χ1) is 14.0. The lowest BCUT2D eigenvalue weighted by Crippen LogP contribution is -2.14. The van der Waals surface area contributed by atoms with Crippen LogP contribution >= 0.6 is 11.3 Å². The van der Waals surface area contributed by atoms with Crippen LogP contribution < -0.4 is 0 Å². The van der Waals surface area contributed by atoms with Crippen molar-refractivity contribution in [2.24, 2.45) is 0 Å². The molecule has 1 aliphatic rings.